The van der Waals surface area contributed by atoms with Crippen LogP contribution in [-0.4, -0.2) is 42.6 Å². The average molecular weight is 242 g/mol. The van der Waals surface area contributed by atoms with Crippen LogP contribution in [0, 0.1) is 5.92 Å². The van der Waals surface area contributed by atoms with Crippen LogP contribution in [0.15, 0.2) is 0 Å². The molecule has 1 aliphatic rings. The van der Waals surface area contributed by atoms with Gasteiger partial charge < -0.3 is 15.4 Å². The molecular weight excluding hydrogens is 216 g/mol. The molecular formula is C13H26N2O2. The minimum Gasteiger partial charge on any atom is -0.468 e. The first kappa shape index (κ1) is 14.5. The number of hydrogen-bond acceptors (Lipinski definition) is 4. The van der Waals surface area contributed by atoms with Crippen LogP contribution in [-0.2, 0) is 9.53 Å². The molecule has 100 valence electrons. The first-order valence-corrected chi connectivity index (χ1v) is 6.48. The maximum atomic E-state index is 11.5. The summed E-state index contributed by atoms with van der Waals surface area (Å²) in [7, 11) is 1.39. The van der Waals surface area contributed by atoms with Crippen molar-refractivity contribution < 1.29 is 9.53 Å². The maximum Gasteiger partial charge on any atom is 0.325 e. The first-order chi connectivity index (χ1) is 7.86. The lowest BCUT2D eigenvalue weighted by Gasteiger charge is -2.37. The number of likely N-dealkylation sites (tertiary alicyclic amines) is 1. The minimum absolute atomic E-state index is 0.324. The molecule has 1 heterocycles. The number of carbonyl (C=O) groups excluding carboxylic acids is 1. The summed E-state index contributed by atoms with van der Waals surface area (Å²) >= 11 is 0. The summed E-state index contributed by atoms with van der Waals surface area (Å²) in [5.74, 6) is 0.488. The van der Waals surface area contributed by atoms with Crippen LogP contribution < -0.4 is 5.73 Å². The van der Waals surface area contributed by atoms with Gasteiger partial charge in [0.05, 0.1) is 7.11 Å². The van der Waals surface area contributed by atoms with E-state index in [1.165, 1.54) is 20.0 Å². The van der Waals surface area contributed by atoms with Crippen molar-refractivity contribution in [2.45, 2.75) is 51.6 Å². The lowest BCUT2D eigenvalue weighted by Crippen LogP contribution is -2.50. The number of rotatable bonds is 4. The minimum atomic E-state index is -0.864. The molecule has 2 N–H and O–H groups in total. The Morgan fingerprint density at radius 3 is 2.71 bits per heavy atom. The second kappa shape index (κ2) is 5.83. The number of methoxy groups -OCH3 is 1. The highest BCUT2D eigenvalue weighted by atomic mass is 16.5. The SMILES string of the molecule is COC(=O)C(C)(N)CCN1CCC(C)CC1C. The van der Waals surface area contributed by atoms with Gasteiger partial charge in [-0.25, -0.2) is 0 Å². The molecule has 17 heavy (non-hydrogen) atoms. The molecule has 0 spiro atoms. The number of piperidine rings is 1. The van der Waals surface area contributed by atoms with Crippen LogP contribution in [0.1, 0.15) is 40.0 Å². The van der Waals surface area contributed by atoms with E-state index in [0.29, 0.717) is 12.5 Å². The van der Waals surface area contributed by atoms with E-state index in [0.717, 1.165) is 19.0 Å². The van der Waals surface area contributed by atoms with Crippen LogP contribution in [0.5, 0.6) is 0 Å². The molecule has 0 aromatic carbocycles. The molecule has 0 aromatic rings. The molecule has 3 atom stereocenters. The highest BCUT2D eigenvalue weighted by molar-refractivity contribution is 5.79. The van der Waals surface area contributed by atoms with Gasteiger partial charge in [-0.05, 0) is 45.6 Å². The van der Waals surface area contributed by atoms with Crippen LogP contribution >= 0.6 is 0 Å². The number of nitrogens with zero attached hydrogens (tertiary/aromatic N) is 1. The molecule has 1 fully saturated rings. The standard InChI is InChI=1S/C13H26N2O2/c1-10-5-7-15(11(2)9-10)8-6-13(3,14)12(16)17-4/h10-11H,5-9,14H2,1-4H3. The summed E-state index contributed by atoms with van der Waals surface area (Å²) in [5, 5.41) is 0. The van der Waals surface area contributed by atoms with Gasteiger partial charge in [0.2, 0.25) is 0 Å². The number of nitrogens with two attached hydrogens (primary N) is 1. The third kappa shape index (κ3) is 3.96. The summed E-state index contributed by atoms with van der Waals surface area (Å²) in [4.78, 5) is 13.9. The zero-order chi connectivity index (χ0) is 13.1. The molecule has 0 radical (unpaired) electrons. The van der Waals surface area contributed by atoms with Gasteiger partial charge >= 0.3 is 5.97 Å². The normalized spacial score (nSPS) is 29.7. The fourth-order valence-electron chi connectivity index (χ4n) is 2.50. The fraction of sp³-hybridized carbons (Fsp3) is 0.923. The Bertz CT molecular complexity index is 266. The Hall–Kier alpha value is -0.610. The molecule has 0 aliphatic carbocycles. The van der Waals surface area contributed by atoms with E-state index in [2.05, 4.69) is 18.7 Å². The van der Waals surface area contributed by atoms with E-state index in [1.807, 2.05) is 0 Å². The number of hydrogen-bond donors (Lipinski definition) is 1. The number of carbonyl (C=O) groups is 1. The second-order valence-corrected chi connectivity index (χ2v) is 5.67. The Morgan fingerprint density at radius 2 is 2.18 bits per heavy atom. The predicted molar refractivity (Wildman–Crippen MR) is 68.7 cm³/mol. The molecule has 0 bridgehead atoms. The van der Waals surface area contributed by atoms with Crippen molar-refractivity contribution in [2.24, 2.45) is 11.7 Å². The molecule has 0 amide bonds. The average Bonchev–Trinajstić information content (AvgIpc) is 2.26. The van der Waals surface area contributed by atoms with Crippen molar-refractivity contribution in [3.8, 4) is 0 Å². The highest BCUT2D eigenvalue weighted by Crippen LogP contribution is 2.23. The molecule has 1 rings (SSSR count). The van der Waals surface area contributed by atoms with Gasteiger partial charge in [0.15, 0.2) is 0 Å². The number of esters is 1. The zero-order valence-corrected chi connectivity index (χ0v) is 11.5. The van der Waals surface area contributed by atoms with Crippen molar-refractivity contribution >= 4 is 5.97 Å². The third-order valence-corrected chi connectivity index (χ3v) is 3.85. The molecule has 1 saturated heterocycles. The van der Waals surface area contributed by atoms with Crippen molar-refractivity contribution in [3.05, 3.63) is 0 Å². The van der Waals surface area contributed by atoms with Gasteiger partial charge in [-0.2, -0.15) is 0 Å². The Morgan fingerprint density at radius 1 is 1.53 bits per heavy atom. The molecule has 1 aliphatic heterocycles. The quantitative estimate of drug-likeness (QED) is 0.757. The summed E-state index contributed by atoms with van der Waals surface area (Å²) in [6.45, 7) is 8.28. The molecule has 0 saturated carbocycles. The lowest BCUT2D eigenvalue weighted by atomic mass is 9.92. The summed E-state index contributed by atoms with van der Waals surface area (Å²) in [6, 6.07) is 0.590. The van der Waals surface area contributed by atoms with Crippen LogP contribution in [0.3, 0.4) is 0 Å². The Kier molecular flexibility index (Phi) is 4.95. The monoisotopic (exact) mass is 242 g/mol. The van der Waals surface area contributed by atoms with E-state index in [1.54, 1.807) is 6.92 Å². The van der Waals surface area contributed by atoms with Crippen LogP contribution in [0.4, 0.5) is 0 Å². The van der Waals surface area contributed by atoms with E-state index in [4.69, 9.17) is 10.5 Å². The first-order valence-electron chi connectivity index (χ1n) is 6.48. The van der Waals surface area contributed by atoms with Crippen molar-refractivity contribution in [1.82, 2.24) is 4.90 Å². The Labute approximate surface area is 104 Å². The van der Waals surface area contributed by atoms with Crippen LogP contribution in [0.25, 0.3) is 0 Å². The molecule has 0 aromatic heterocycles. The van der Waals surface area contributed by atoms with Gasteiger partial charge in [-0.1, -0.05) is 6.92 Å². The lowest BCUT2D eigenvalue weighted by molar-refractivity contribution is -0.146. The largest absolute Gasteiger partial charge is 0.468 e. The molecule has 3 unspecified atom stereocenters. The van der Waals surface area contributed by atoms with Crippen molar-refractivity contribution in [3.63, 3.8) is 0 Å². The molecule has 4 nitrogen and oxygen atoms in total. The van der Waals surface area contributed by atoms with Gasteiger partial charge in [-0.15, -0.1) is 0 Å². The third-order valence-electron chi connectivity index (χ3n) is 3.85. The van der Waals surface area contributed by atoms with E-state index < -0.39 is 5.54 Å². The van der Waals surface area contributed by atoms with E-state index in [-0.39, 0.29) is 5.97 Å². The van der Waals surface area contributed by atoms with Crippen molar-refractivity contribution in [2.75, 3.05) is 20.2 Å². The number of ether oxygens (including phenoxy) is 1. The summed E-state index contributed by atoms with van der Waals surface area (Å²) < 4.78 is 4.72. The maximum absolute atomic E-state index is 11.5. The van der Waals surface area contributed by atoms with E-state index >= 15 is 0 Å². The fourth-order valence-corrected chi connectivity index (χ4v) is 2.50. The second-order valence-electron chi connectivity index (χ2n) is 5.67. The van der Waals surface area contributed by atoms with Gasteiger partial charge in [0.1, 0.15) is 5.54 Å². The van der Waals surface area contributed by atoms with Gasteiger partial charge in [0, 0.05) is 12.6 Å². The summed E-state index contributed by atoms with van der Waals surface area (Å²) in [5.41, 5.74) is 5.10. The molecule has 4 heteroatoms. The topological polar surface area (TPSA) is 55.6 Å². The predicted octanol–water partition coefficient (Wildman–Crippen LogP) is 1.39. The smallest absolute Gasteiger partial charge is 0.325 e. The van der Waals surface area contributed by atoms with E-state index in [9.17, 15) is 4.79 Å². The van der Waals surface area contributed by atoms with Crippen molar-refractivity contribution in [1.29, 1.82) is 0 Å². The van der Waals surface area contributed by atoms with Crippen LogP contribution in [0.2, 0.25) is 0 Å². The van der Waals surface area contributed by atoms with Gasteiger partial charge in [-0.3, -0.25) is 4.79 Å². The zero-order valence-electron chi connectivity index (χ0n) is 11.5. The Balaban J connectivity index is 2.42. The highest BCUT2D eigenvalue weighted by Gasteiger charge is 2.31. The summed E-state index contributed by atoms with van der Waals surface area (Å²) in [6.07, 6.45) is 3.13. The van der Waals surface area contributed by atoms with Gasteiger partial charge in [0.25, 0.3) is 0 Å².